The normalized spacial score (nSPS) is 14.3. The minimum absolute atomic E-state index is 0.00220. The summed E-state index contributed by atoms with van der Waals surface area (Å²) >= 11 is 2.16. The van der Waals surface area contributed by atoms with Gasteiger partial charge in [0.25, 0.3) is 10.0 Å². The molecule has 0 saturated heterocycles. The van der Waals surface area contributed by atoms with Gasteiger partial charge in [0.1, 0.15) is 0 Å². The molecule has 120 valence electrons. The van der Waals surface area contributed by atoms with E-state index in [9.17, 15) is 13.2 Å². The molecule has 2 aromatic rings. The van der Waals surface area contributed by atoms with Gasteiger partial charge in [0.2, 0.25) is 5.91 Å². The van der Waals surface area contributed by atoms with E-state index in [0.717, 1.165) is 16.4 Å². The monoisotopic (exact) mass is 442 g/mol. The van der Waals surface area contributed by atoms with Crippen LogP contribution in [0.3, 0.4) is 0 Å². The van der Waals surface area contributed by atoms with Crippen LogP contribution in [-0.4, -0.2) is 14.3 Å². The molecule has 1 aliphatic rings. The summed E-state index contributed by atoms with van der Waals surface area (Å²) in [5.74, 6) is 0.110. The Bertz CT molecular complexity index is 813. The summed E-state index contributed by atoms with van der Waals surface area (Å²) in [6, 6.07) is 13.2. The Balaban J connectivity index is 1.71. The Labute approximate surface area is 148 Å². The fourth-order valence-corrected chi connectivity index (χ4v) is 3.46. The number of benzene rings is 2. The van der Waals surface area contributed by atoms with Crippen molar-refractivity contribution in [2.45, 2.75) is 17.7 Å². The van der Waals surface area contributed by atoms with Gasteiger partial charge in [-0.3, -0.25) is 9.52 Å². The second kappa shape index (κ2) is 6.48. The highest BCUT2D eigenvalue weighted by atomic mass is 127. The molecule has 2 aromatic carbocycles. The summed E-state index contributed by atoms with van der Waals surface area (Å²) in [5.41, 5.74) is 1.12. The van der Waals surface area contributed by atoms with Crippen LogP contribution in [0.15, 0.2) is 53.4 Å². The van der Waals surface area contributed by atoms with Crippen molar-refractivity contribution in [2.24, 2.45) is 5.92 Å². The standard InChI is InChI=1S/C16H15IN2O3S/c17-12-3-5-14(6-4-12)19-23(21,22)15-9-7-13(8-10-15)18-16(20)11-1-2-11/h3-11,19H,1-2H2,(H,18,20). The molecule has 0 aliphatic heterocycles. The first-order valence-corrected chi connectivity index (χ1v) is 9.69. The Morgan fingerprint density at radius 3 is 2.09 bits per heavy atom. The number of carbonyl (C=O) groups excluding carboxylic acids is 1. The van der Waals surface area contributed by atoms with Crippen molar-refractivity contribution in [1.82, 2.24) is 0 Å². The number of carbonyl (C=O) groups is 1. The van der Waals surface area contributed by atoms with Crippen LogP contribution in [-0.2, 0) is 14.8 Å². The van der Waals surface area contributed by atoms with E-state index < -0.39 is 10.0 Å². The lowest BCUT2D eigenvalue weighted by Crippen LogP contribution is -2.14. The Morgan fingerprint density at radius 2 is 1.52 bits per heavy atom. The highest BCUT2D eigenvalue weighted by Crippen LogP contribution is 2.30. The molecule has 5 nitrogen and oxygen atoms in total. The van der Waals surface area contributed by atoms with Gasteiger partial charge in [0.15, 0.2) is 0 Å². The molecular weight excluding hydrogens is 427 g/mol. The Hall–Kier alpha value is -1.61. The molecule has 0 aromatic heterocycles. The zero-order chi connectivity index (χ0) is 16.4. The van der Waals surface area contributed by atoms with Crippen LogP contribution in [0.2, 0.25) is 0 Å². The van der Waals surface area contributed by atoms with Crippen LogP contribution >= 0.6 is 22.6 Å². The topological polar surface area (TPSA) is 75.3 Å². The number of sulfonamides is 1. The molecule has 1 aliphatic carbocycles. The average molecular weight is 442 g/mol. The van der Waals surface area contributed by atoms with E-state index in [1.54, 1.807) is 24.3 Å². The third-order valence-corrected chi connectivity index (χ3v) is 5.59. The van der Waals surface area contributed by atoms with Crippen LogP contribution < -0.4 is 10.0 Å². The number of halogens is 1. The van der Waals surface area contributed by atoms with Gasteiger partial charge in [0, 0.05) is 20.9 Å². The predicted molar refractivity (Wildman–Crippen MR) is 97.8 cm³/mol. The van der Waals surface area contributed by atoms with Crippen molar-refractivity contribution >= 4 is 49.9 Å². The third-order valence-electron chi connectivity index (χ3n) is 3.48. The molecule has 3 rings (SSSR count). The number of hydrogen-bond acceptors (Lipinski definition) is 3. The van der Waals surface area contributed by atoms with E-state index in [4.69, 9.17) is 0 Å². The van der Waals surface area contributed by atoms with Gasteiger partial charge in [-0.15, -0.1) is 0 Å². The Kier molecular flexibility index (Phi) is 4.58. The quantitative estimate of drug-likeness (QED) is 0.697. The molecule has 0 unspecified atom stereocenters. The molecule has 1 fully saturated rings. The fraction of sp³-hybridized carbons (Fsp3) is 0.188. The minimum atomic E-state index is -3.64. The highest BCUT2D eigenvalue weighted by molar-refractivity contribution is 14.1. The van der Waals surface area contributed by atoms with Gasteiger partial charge in [-0.05, 0) is 84.0 Å². The van der Waals surface area contributed by atoms with Crippen LogP contribution in [0.5, 0.6) is 0 Å². The van der Waals surface area contributed by atoms with E-state index in [1.165, 1.54) is 12.1 Å². The molecule has 1 saturated carbocycles. The maximum absolute atomic E-state index is 12.3. The van der Waals surface area contributed by atoms with Crippen LogP contribution in [0.25, 0.3) is 0 Å². The Morgan fingerprint density at radius 1 is 0.957 bits per heavy atom. The SMILES string of the molecule is O=C(Nc1ccc(S(=O)(=O)Nc2ccc(I)cc2)cc1)C1CC1. The third kappa shape index (κ3) is 4.23. The van der Waals surface area contributed by atoms with Crippen molar-refractivity contribution in [3.8, 4) is 0 Å². The van der Waals surface area contributed by atoms with Gasteiger partial charge in [-0.1, -0.05) is 0 Å². The molecule has 0 radical (unpaired) electrons. The summed E-state index contributed by atoms with van der Waals surface area (Å²) in [7, 11) is -3.64. The number of hydrogen-bond donors (Lipinski definition) is 2. The van der Waals surface area contributed by atoms with E-state index in [-0.39, 0.29) is 16.7 Å². The summed E-state index contributed by atoms with van der Waals surface area (Å²) in [4.78, 5) is 11.8. The molecule has 7 heteroatoms. The minimum Gasteiger partial charge on any atom is -0.326 e. The zero-order valence-electron chi connectivity index (χ0n) is 12.1. The lowest BCUT2D eigenvalue weighted by molar-refractivity contribution is -0.117. The van der Waals surface area contributed by atoms with Crippen molar-refractivity contribution in [3.05, 3.63) is 52.1 Å². The molecule has 1 amide bonds. The molecular formula is C16H15IN2O3S. The van der Waals surface area contributed by atoms with E-state index >= 15 is 0 Å². The lowest BCUT2D eigenvalue weighted by Gasteiger charge is -2.09. The van der Waals surface area contributed by atoms with E-state index in [0.29, 0.717) is 11.4 Å². The number of rotatable bonds is 5. The first kappa shape index (κ1) is 16.3. The summed E-state index contributed by atoms with van der Waals surface area (Å²) < 4.78 is 28.2. The first-order valence-electron chi connectivity index (χ1n) is 7.13. The van der Waals surface area contributed by atoms with Gasteiger partial charge >= 0.3 is 0 Å². The predicted octanol–water partition coefficient (Wildman–Crippen LogP) is 3.44. The molecule has 0 bridgehead atoms. The highest BCUT2D eigenvalue weighted by Gasteiger charge is 2.29. The summed E-state index contributed by atoms with van der Waals surface area (Å²) in [5, 5.41) is 2.78. The van der Waals surface area contributed by atoms with Gasteiger partial charge in [-0.2, -0.15) is 0 Å². The molecule has 2 N–H and O–H groups in total. The number of anilines is 2. The smallest absolute Gasteiger partial charge is 0.261 e. The van der Waals surface area contributed by atoms with Gasteiger partial charge in [0.05, 0.1) is 4.90 Å². The lowest BCUT2D eigenvalue weighted by atomic mass is 10.3. The van der Waals surface area contributed by atoms with E-state index in [1.807, 2.05) is 12.1 Å². The van der Waals surface area contributed by atoms with Crippen LogP contribution in [0.4, 0.5) is 11.4 Å². The molecule has 0 atom stereocenters. The van der Waals surface area contributed by atoms with Crippen molar-refractivity contribution in [3.63, 3.8) is 0 Å². The second-order valence-corrected chi connectivity index (χ2v) is 8.33. The molecule has 0 heterocycles. The molecule has 0 spiro atoms. The first-order chi connectivity index (χ1) is 10.9. The maximum atomic E-state index is 12.3. The number of amides is 1. The van der Waals surface area contributed by atoms with Crippen molar-refractivity contribution in [2.75, 3.05) is 10.0 Å². The van der Waals surface area contributed by atoms with E-state index in [2.05, 4.69) is 32.6 Å². The second-order valence-electron chi connectivity index (χ2n) is 5.40. The summed E-state index contributed by atoms with van der Waals surface area (Å²) in [6.07, 6.45) is 1.86. The summed E-state index contributed by atoms with van der Waals surface area (Å²) in [6.45, 7) is 0. The maximum Gasteiger partial charge on any atom is 0.261 e. The molecule has 23 heavy (non-hydrogen) atoms. The zero-order valence-corrected chi connectivity index (χ0v) is 15.1. The van der Waals surface area contributed by atoms with Gasteiger partial charge < -0.3 is 5.32 Å². The van der Waals surface area contributed by atoms with Gasteiger partial charge in [-0.25, -0.2) is 8.42 Å². The van der Waals surface area contributed by atoms with Crippen LogP contribution in [0, 0.1) is 9.49 Å². The average Bonchev–Trinajstić information content (AvgIpc) is 3.35. The number of nitrogens with one attached hydrogen (secondary N) is 2. The van der Waals surface area contributed by atoms with Crippen molar-refractivity contribution in [1.29, 1.82) is 0 Å². The van der Waals surface area contributed by atoms with Crippen molar-refractivity contribution < 1.29 is 13.2 Å². The fourth-order valence-electron chi connectivity index (χ4n) is 2.04. The largest absolute Gasteiger partial charge is 0.326 e. The van der Waals surface area contributed by atoms with Crippen LogP contribution in [0.1, 0.15) is 12.8 Å².